The molecule has 0 aromatic rings. The first-order valence-corrected chi connectivity index (χ1v) is 15.1. The van der Waals surface area contributed by atoms with Gasteiger partial charge >= 0.3 is 12.0 Å². The van der Waals surface area contributed by atoms with Gasteiger partial charge < -0.3 is 51.1 Å². The minimum atomic E-state index is -1.54. The largest absolute Gasteiger partial charge is 0.480 e. The van der Waals surface area contributed by atoms with Crippen molar-refractivity contribution >= 4 is 35.6 Å². The molecule has 0 radical (unpaired) electrons. The molecule has 0 aliphatic heterocycles. The highest BCUT2D eigenvalue weighted by atomic mass is 19.1. The van der Waals surface area contributed by atoms with Crippen molar-refractivity contribution < 1.29 is 57.2 Å². The molecule has 17 heteroatoms. The smallest absolute Gasteiger partial charge is 0.326 e. The highest BCUT2D eigenvalue weighted by Gasteiger charge is 2.20. The zero-order valence-corrected chi connectivity index (χ0v) is 26.1. The summed E-state index contributed by atoms with van der Waals surface area (Å²) >= 11 is 0. The topological polar surface area (TPSA) is 234 Å². The molecule has 2 atom stereocenters. The van der Waals surface area contributed by atoms with Crippen molar-refractivity contribution in [1.82, 2.24) is 21.3 Å². The summed E-state index contributed by atoms with van der Waals surface area (Å²) in [6.45, 7) is 3.67. The number of carboxylic acid groups (broad SMARTS) is 1. The first-order valence-electron chi connectivity index (χ1n) is 15.1. The molecule has 4 amide bonds. The molecular weight excluding hydrogens is 601 g/mol. The van der Waals surface area contributed by atoms with Gasteiger partial charge in [0.05, 0.1) is 45.7 Å². The normalized spacial score (nSPS) is 12.2. The second kappa shape index (κ2) is 28.2. The Morgan fingerprint density at radius 3 is 1.73 bits per heavy atom. The molecule has 7 N–H and O–H groups in total. The second-order valence-electron chi connectivity index (χ2n) is 9.89. The average molecular weight is 652 g/mol. The molecule has 0 saturated heterocycles. The Balaban J connectivity index is 3.58. The maximum absolute atomic E-state index is 12.3. The molecule has 0 aromatic carbocycles. The third-order valence-electron chi connectivity index (χ3n) is 5.95. The minimum absolute atomic E-state index is 0.0210. The van der Waals surface area contributed by atoms with E-state index in [1.54, 1.807) is 0 Å². The lowest BCUT2D eigenvalue weighted by atomic mass is 10.1. The quantitative estimate of drug-likeness (QED) is 0.0403. The summed E-state index contributed by atoms with van der Waals surface area (Å²) in [5.74, 6) is -2.54. The van der Waals surface area contributed by atoms with Gasteiger partial charge in [-0.25, -0.2) is 4.79 Å². The van der Waals surface area contributed by atoms with Crippen molar-refractivity contribution in [3.05, 3.63) is 0 Å². The van der Waals surface area contributed by atoms with Gasteiger partial charge in [0.2, 0.25) is 23.6 Å². The number of amides is 4. The molecule has 0 fully saturated rings. The number of aliphatic carboxylic acids is 1. The molecular formula is C28H50FN5O11. The highest BCUT2D eigenvalue weighted by molar-refractivity contribution is 5.84. The van der Waals surface area contributed by atoms with Crippen LogP contribution in [0.3, 0.4) is 0 Å². The third-order valence-corrected chi connectivity index (χ3v) is 5.95. The van der Waals surface area contributed by atoms with Crippen LogP contribution in [0, 0.1) is 0 Å². The predicted molar refractivity (Wildman–Crippen MR) is 159 cm³/mol. The van der Waals surface area contributed by atoms with Gasteiger partial charge in [0, 0.05) is 32.5 Å². The Kier molecular flexibility index (Phi) is 26.2. The Labute approximate surface area is 263 Å². The lowest BCUT2D eigenvalue weighted by Crippen LogP contribution is -2.41. The second-order valence-corrected chi connectivity index (χ2v) is 9.89. The average Bonchev–Trinajstić information content (AvgIpc) is 3.00. The molecule has 260 valence electrons. The van der Waals surface area contributed by atoms with Crippen LogP contribution >= 0.6 is 0 Å². The number of halogens is 1. The van der Waals surface area contributed by atoms with Crippen molar-refractivity contribution in [2.75, 3.05) is 72.5 Å². The van der Waals surface area contributed by atoms with Crippen LogP contribution < -0.4 is 27.0 Å². The molecule has 2 unspecified atom stereocenters. The number of nitrogens with one attached hydrogen (secondary N) is 4. The third kappa shape index (κ3) is 26.8. The van der Waals surface area contributed by atoms with Crippen molar-refractivity contribution in [3.63, 3.8) is 0 Å². The number of ether oxygens (including phenoxy) is 4. The fraction of sp³-hybridized carbons (Fsp3) is 0.786. The first kappa shape index (κ1) is 41.8. The fourth-order valence-electron chi connectivity index (χ4n) is 3.45. The lowest BCUT2D eigenvalue weighted by molar-refractivity contribution is -0.142. The van der Waals surface area contributed by atoms with Gasteiger partial charge in [0.25, 0.3) is 0 Å². The Morgan fingerprint density at radius 1 is 0.667 bits per heavy atom. The van der Waals surface area contributed by atoms with E-state index < -0.39 is 24.1 Å². The molecule has 0 rings (SSSR count). The van der Waals surface area contributed by atoms with Gasteiger partial charge in [0.15, 0.2) is 0 Å². The van der Waals surface area contributed by atoms with Crippen molar-refractivity contribution in [3.8, 4) is 0 Å². The molecule has 0 heterocycles. The predicted octanol–water partition coefficient (Wildman–Crippen LogP) is -1.07. The van der Waals surface area contributed by atoms with E-state index in [0.29, 0.717) is 25.8 Å². The SMILES string of the molecule is CCCCC(=O)NC(CCC(=O)NCCOCCOCC(=O)NCCOCCOCC(=O)NCCCCC(N)C(=O)F)C(=O)O. The summed E-state index contributed by atoms with van der Waals surface area (Å²) < 4.78 is 33.3. The number of carboxylic acids is 1. The maximum atomic E-state index is 12.3. The van der Waals surface area contributed by atoms with Gasteiger partial charge in [-0.3, -0.25) is 24.0 Å². The van der Waals surface area contributed by atoms with Crippen LogP contribution in [0.1, 0.15) is 58.3 Å². The molecule has 0 aliphatic carbocycles. The number of nitrogens with two attached hydrogens (primary N) is 1. The standard InChI is InChI=1S/C28H50FN5O11/c1-2-3-7-24(36)34-22(28(40)41)8-9-23(35)32-11-13-42-15-18-45-20-26(38)33-12-14-43-16-17-44-19-25(37)31-10-5-4-6-21(30)27(29)39/h21-22H,2-20,30H2,1H3,(H,31,37)(H,32,35)(H,33,38)(H,34,36)(H,40,41). The van der Waals surface area contributed by atoms with E-state index in [2.05, 4.69) is 21.3 Å². The minimum Gasteiger partial charge on any atom is -0.480 e. The molecule has 0 aliphatic rings. The zero-order valence-electron chi connectivity index (χ0n) is 26.1. The van der Waals surface area contributed by atoms with Crippen LogP contribution in [-0.4, -0.2) is 125 Å². The monoisotopic (exact) mass is 651 g/mol. The number of hydrogen-bond acceptors (Lipinski definition) is 11. The van der Waals surface area contributed by atoms with Crippen molar-refractivity contribution in [2.45, 2.75) is 70.4 Å². The highest BCUT2D eigenvalue weighted by Crippen LogP contribution is 2.01. The Morgan fingerprint density at radius 2 is 1.20 bits per heavy atom. The molecule has 0 saturated carbocycles. The number of rotatable bonds is 30. The molecule has 16 nitrogen and oxygen atoms in total. The first-order chi connectivity index (χ1) is 21.6. The number of carbonyl (C=O) groups excluding carboxylic acids is 5. The van der Waals surface area contributed by atoms with Crippen LogP contribution in [0.4, 0.5) is 4.39 Å². The Bertz CT molecular complexity index is 882. The van der Waals surface area contributed by atoms with Gasteiger partial charge in [0.1, 0.15) is 19.3 Å². The maximum Gasteiger partial charge on any atom is 0.326 e. The molecule has 0 spiro atoms. The van der Waals surface area contributed by atoms with E-state index in [0.717, 1.165) is 6.42 Å². The van der Waals surface area contributed by atoms with Crippen LogP contribution in [0.25, 0.3) is 0 Å². The van der Waals surface area contributed by atoms with Gasteiger partial charge in [-0.05, 0) is 32.1 Å². The van der Waals surface area contributed by atoms with Crippen LogP contribution in [0.2, 0.25) is 0 Å². The van der Waals surface area contributed by atoms with Crippen molar-refractivity contribution in [1.29, 1.82) is 0 Å². The zero-order chi connectivity index (χ0) is 33.7. The van der Waals surface area contributed by atoms with Crippen LogP contribution in [-0.2, 0) is 47.7 Å². The van der Waals surface area contributed by atoms with Gasteiger partial charge in [-0.2, -0.15) is 4.39 Å². The Hall–Kier alpha value is -3.25. The van der Waals surface area contributed by atoms with E-state index in [9.17, 15) is 38.3 Å². The van der Waals surface area contributed by atoms with Crippen LogP contribution in [0.15, 0.2) is 0 Å². The van der Waals surface area contributed by atoms with Crippen molar-refractivity contribution in [2.24, 2.45) is 5.73 Å². The number of carbonyl (C=O) groups is 6. The summed E-state index contributed by atoms with van der Waals surface area (Å²) in [6, 6.07) is -3.77. The van der Waals surface area contributed by atoms with E-state index >= 15 is 0 Å². The molecule has 0 bridgehead atoms. The number of hydrogen-bond donors (Lipinski definition) is 6. The summed E-state index contributed by atoms with van der Waals surface area (Å²) in [5.41, 5.74) is 5.28. The van der Waals surface area contributed by atoms with E-state index in [-0.39, 0.29) is 115 Å². The summed E-state index contributed by atoms with van der Waals surface area (Å²) in [7, 11) is 0. The number of unbranched alkanes of at least 4 members (excludes halogenated alkanes) is 2. The van der Waals surface area contributed by atoms with E-state index in [4.69, 9.17) is 24.7 Å². The van der Waals surface area contributed by atoms with Crippen LogP contribution in [0.5, 0.6) is 0 Å². The molecule has 45 heavy (non-hydrogen) atoms. The fourth-order valence-corrected chi connectivity index (χ4v) is 3.45. The van der Waals surface area contributed by atoms with E-state index in [1.165, 1.54) is 0 Å². The van der Waals surface area contributed by atoms with E-state index in [1.807, 2.05) is 6.92 Å². The van der Waals surface area contributed by atoms with Gasteiger partial charge in [-0.15, -0.1) is 0 Å². The summed E-state index contributed by atoms with van der Waals surface area (Å²) in [5, 5.41) is 19.5. The summed E-state index contributed by atoms with van der Waals surface area (Å²) in [4.78, 5) is 68.8. The lowest BCUT2D eigenvalue weighted by Gasteiger charge is -2.14. The van der Waals surface area contributed by atoms with Gasteiger partial charge in [-0.1, -0.05) is 13.3 Å². The summed E-state index contributed by atoms with van der Waals surface area (Å²) in [6.07, 6.45) is 2.93. The molecule has 0 aromatic heterocycles.